The van der Waals surface area contributed by atoms with Crippen LogP contribution in [0, 0.1) is 6.92 Å². The van der Waals surface area contributed by atoms with Gasteiger partial charge in [-0.15, -0.1) is 11.6 Å². The molecular formula is C14H12ClN3. The van der Waals surface area contributed by atoms with Gasteiger partial charge in [0.25, 0.3) is 0 Å². The fourth-order valence-corrected chi connectivity index (χ4v) is 2.33. The first kappa shape index (κ1) is 11.2. The summed E-state index contributed by atoms with van der Waals surface area (Å²) in [7, 11) is 0. The highest BCUT2D eigenvalue weighted by Crippen LogP contribution is 2.23. The molecule has 0 radical (unpaired) electrons. The SMILES string of the molecule is Cc1ccccc1-n1c(CCl)nc2cnccc21. The minimum atomic E-state index is 0.378. The van der Waals surface area contributed by atoms with Crippen molar-refractivity contribution in [1.82, 2.24) is 14.5 Å². The lowest BCUT2D eigenvalue weighted by atomic mass is 10.2. The second-order valence-corrected chi connectivity index (χ2v) is 4.42. The number of imidazole rings is 1. The van der Waals surface area contributed by atoms with E-state index in [0.717, 1.165) is 22.5 Å². The average Bonchev–Trinajstić information content (AvgIpc) is 2.78. The van der Waals surface area contributed by atoms with Crippen LogP contribution in [-0.4, -0.2) is 14.5 Å². The summed E-state index contributed by atoms with van der Waals surface area (Å²) in [6, 6.07) is 10.2. The van der Waals surface area contributed by atoms with Crippen LogP contribution in [0.2, 0.25) is 0 Å². The molecule has 4 heteroatoms. The van der Waals surface area contributed by atoms with Crippen LogP contribution >= 0.6 is 11.6 Å². The number of hydrogen-bond acceptors (Lipinski definition) is 2. The lowest BCUT2D eigenvalue weighted by Gasteiger charge is -2.10. The zero-order valence-electron chi connectivity index (χ0n) is 9.97. The Kier molecular flexibility index (Phi) is 2.76. The zero-order valence-corrected chi connectivity index (χ0v) is 10.7. The topological polar surface area (TPSA) is 30.7 Å². The Morgan fingerprint density at radius 2 is 2.06 bits per heavy atom. The summed E-state index contributed by atoms with van der Waals surface area (Å²) >= 11 is 6.00. The highest BCUT2D eigenvalue weighted by molar-refractivity contribution is 6.17. The number of aryl methyl sites for hydroxylation is 1. The molecule has 0 saturated carbocycles. The summed E-state index contributed by atoms with van der Waals surface area (Å²) in [6.07, 6.45) is 3.54. The Balaban J connectivity index is 2.37. The summed E-state index contributed by atoms with van der Waals surface area (Å²) in [5.74, 6) is 1.22. The molecule has 2 heterocycles. The first-order valence-electron chi connectivity index (χ1n) is 5.74. The van der Waals surface area contributed by atoms with Gasteiger partial charge < -0.3 is 0 Å². The van der Waals surface area contributed by atoms with Crippen molar-refractivity contribution in [3.05, 3.63) is 54.1 Å². The Morgan fingerprint density at radius 1 is 1.22 bits per heavy atom. The number of alkyl halides is 1. The molecule has 0 unspecified atom stereocenters. The van der Waals surface area contributed by atoms with E-state index < -0.39 is 0 Å². The molecular weight excluding hydrogens is 246 g/mol. The van der Waals surface area contributed by atoms with Crippen LogP contribution in [0.15, 0.2) is 42.7 Å². The molecule has 0 aliphatic rings. The molecule has 3 aromatic rings. The predicted molar refractivity (Wildman–Crippen MR) is 73.2 cm³/mol. The third-order valence-electron chi connectivity index (χ3n) is 3.00. The van der Waals surface area contributed by atoms with E-state index in [0.29, 0.717) is 5.88 Å². The van der Waals surface area contributed by atoms with Crippen molar-refractivity contribution in [3.8, 4) is 5.69 Å². The van der Waals surface area contributed by atoms with Gasteiger partial charge in [0.2, 0.25) is 0 Å². The maximum absolute atomic E-state index is 6.00. The number of hydrogen-bond donors (Lipinski definition) is 0. The highest BCUT2D eigenvalue weighted by Gasteiger charge is 2.12. The van der Waals surface area contributed by atoms with Crippen molar-refractivity contribution < 1.29 is 0 Å². The zero-order chi connectivity index (χ0) is 12.5. The summed E-state index contributed by atoms with van der Waals surface area (Å²) in [5, 5.41) is 0. The van der Waals surface area contributed by atoms with E-state index >= 15 is 0 Å². The molecule has 1 aromatic carbocycles. The number of rotatable bonds is 2. The van der Waals surface area contributed by atoms with Crippen molar-refractivity contribution in [3.63, 3.8) is 0 Å². The second-order valence-electron chi connectivity index (χ2n) is 4.15. The molecule has 2 aromatic heterocycles. The van der Waals surface area contributed by atoms with Crippen molar-refractivity contribution in [2.24, 2.45) is 0 Å². The summed E-state index contributed by atoms with van der Waals surface area (Å²) in [4.78, 5) is 8.62. The predicted octanol–water partition coefficient (Wildman–Crippen LogP) is 3.47. The van der Waals surface area contributed by atoms with Gasteiger partial charge in [-0.1, -0.05) is 18.2 Å². The van der Waals surface area contributed by atoms with Crippen LogP contribution < -0.4 is 0 Å². The third kappa shape index (κ3) is 1.68. The van der Waals surface area contributed by atoms with E-state index in [4.69, 9.17) is 11.6 Å². The Labute approximate surface area is 110 Å². The van der Waals surface area contributed by atoms with Crippen LogP contribution in [-0.2, 0) is 5.88 Å². The van der Waals surface area contributed by atoms with Crippen LogP contribution in [0.1, 0.15) is 11.4 Å². The molecule has 90 valence electrons. The molecule has 0 atom stereocenters. The van der Waals surface area contributed by atoms with Crippen molar-refractivity contribution in [2.75, 3.05) is 0 Å². The van der Waals surface area contributed by atoms with Gasteiger partial charge in [-0.2, -0.15) is 0 Å². The Hall–Kier alpha value is -1.87. The Morgan fingerprint density at radius 3 is 2.83 bits per heavy atom. The summed E-state index contributed by atoms with van der Waals surface area (Å²) in [6.45, 7) is 2.08. The van der Waals surface area contributed by atoms with E-state index in [9.17, 15) is 0 Å². The second kappa shape index (κ2) is 4.42. The first-order valence-corrected chi connectivity index (χ1v) is 6.28. The van der Waals surface area contributed by atoms with Gasteiger partial charge in [-0.05, 0) is 24.6 Å². The molecule has 0 fully saturated rings. The molecule has 3 rings (SSSR count). The summed E-state index contributed by atoms with van der Waals surface area (Å²) in [5.41, 5.74) is 4.22. The highest BCUT2D eigenvalue weighted by atomic mass is 35.5. The fourth-order valence-electron chi connectivity index (χ4n) is 2.15. The molecule has 0 aliphatic heterocycles. The maximum atomic E-state index is 6.00. The minimum Gasteiger partial charge on any atom is -0.295 e. The molecule has 18 heavy (non-hydrogen) atoms. The van der Waals surface area contributed by atoms with Crippen LogP contribution in [0.3, 0.4) is 0 Å². The lowest BCUT2D eigenvalue weighted by molar-refractivity contribution is 0.972. The molecule has 0 aliphatic carbocycles. The first-order chi connectivity index (χ1) is 8.81. The van der Waals surface area contributed by atoms with Crippen molar-refractivity contribution in [2.45, 2.75) is 12.8 Å². The molecule has 0 bridgehead atoms. The van der Waals surface area contributed by atoms with E-state index in [1.807, 2.05) is 18.2 Å². The number of para-hydroxylation sites is 1. The number of fused-ring (bicyclic) bond motifs is 1. The average molecular weight is 258 g/mol. The van der Waals surface area contributed by atoms with Crippen molar-refractivity contribution in [1.29, 1.82) is 0 Å². The maximum Gasteiger partial charge on any atom is 0.129 e. The van der Waals surface area contributed by atoms with E-state index in [2.05, 4.69) is 33.6 Å². The number of pyridine rings is 1. The normalized spacial score (nSPS) is 11.0. The van der Waals surface area contributed by atoms with Crippen LogP contribution in [0.25, 0.3) is 16.7 Å². The van der Waals surface area contributed by atoms with Gasteiger partial charge in [-0.3, -0.25) is 9.55 Å². The largest absolute Gasteiger partial charge is 0.295 e. The minimum absolute atomic E-state index is 0.378. The molecule has 0 spiro atoms. The monoisotopic (exact) mass is 257 g/mol. The summed E-state index contributed by atoms with van der Waals surface area (Å²) < 4.78 is 2.10. The Bertz CT molecular complexity index is 703. The fraction of sp³-hybridized carbons (Fsp3) is 0.143. The number of nitrogens with zero attached hydrogens (tertiary/aromatic N) is 3. The van der Waals surface area contributed by atoms with Gasteiger partial charge in [0, 0.05) is 6.20 Å². The van der Waals surface area contributed by atoms with Gasteiger partial charge in [-0.25, -0.2) is 4.98 Å². The van der Waals surface area contributed by atoms with Crippen molar-refractivity contribution >= 4 is 22.6 Å². The number of halogens is 1. The van der Waals surface area contributed by atoms with E-state index in [1.54, 1.807) is 12.4 Å². The number of aromatic nitrogens is 3. The quantitative estimate of drug-likeness (QED) is 0.658. The van der Waals surface area contributed by atoms with Crippen LogP contribution in [0.4, 0.5) is 0 Å². The smallest absolute Gasteiger partial charge is 0.129 e. The van der Waals surface area contributed by atoms with Gasteiger partial charge in [0.05, 0.1) is 23.3 Å². The lowest BCUT2D eigenvalue weighted by Crippen LogP contribution is -2.01. The van der Waals surface area contributed by atoms with Gasteiger partial charge >= 0.3 is 0 Å². The van der Waals surface area contributed by atoms with E-state index in [1.165, 1.54) is 5.56 Å². The molecule has 0 saturated heterocycles. The molecule has 0 N–H and O–H groups in total. The van der Waals surface area contributed by atoms with E-state index in [-0.39, 0.29) is 0 Å². The number of benzene rings is 1. The van der Waals surface area contributed by atoms with Gasteiger partial charge in [0.15, 0.2) is 0 Å². The van der Waals surface area contributed by atoms with Gasteiger partial charge in [0.1, 0.15) is 11.3 Å². The molecule has 0 amide bonds. The standard InChI is InChI=1S/C14H12ClN3/c1-10-4-2-3-5-12(10)18-13-6-7-16-9-11(13)17-14(18)8-15/h2-7,9H,8H2,1H3. The van der Waals surface area contributed by atoms with Crippen LogP contribution in [0.5, 0.6) is 0 Å². The molecule has 3 nitrogen and oxygen atoms in total. The third-order valence-corrected chi connectivity index (χ3v) is 3.24.